The Labute approximate surface area is 194 Å². The maximum absolute atomic E-state index is 13.0. The third kappa shape index (κ3) is 7.18. The van der Waals surface area contributed by atoms with Gasteiger partial charge in [0, 0.05) is 19.3 Å². The molecule has 1 aliphatic heterocycles. The van der Waals surface area contributed by atoms with Crippen LogP contribution in [0.15, 0.2) is 60.7 Å². The van der Waals surface area contributed by atoms with E-state index in [2.05, 4.69) is 16.0 Å². The number of hydrogen-bond donors (Lipinski definition) is 4. The first-order valence-electron chi connectivity index (χ1n) is 10.2. The van der Waals surface area contributed by atoms with E-state index >= 15 is 0 Å². The molecule has 33 heavy (non-hydrogen) atoms. The van der Waals surface area contributed by atoms with Crippen LogP contribution >= 0.6 is 11.8 Å². The quantitative estimate of drug-likeness (QED) is 0.410. The summed E-state index contributed by atoms with van der Waals surface area (Å²) in [6.07, 6.45) is -0.0822. The van der Waals surface area contributed by atoms with Crippen molar-refractivity contribution in [1.82, 2.24) is 16.0 Å². The molecule has 1 unspecified atom stereocenters. The number of carbonyl (C=O) groups is 5. The standard InChI is InChI=1S/C23H23N3O6S/c27-19(13-18-21(29)26-23(32)33-18)24-16(11-14-7-3-1-4-8-14)20(28)25-17(22(30)31)12-15-9-5-2-6-10-15/h1-10,16-18H,11-13H2,(H,24,27)(H,25,28)(H,30,31)(H,26,29,32)/t16-,17-,18?/m0/s1. The third-order valence-corrected chi connectivity index (χ3v) is 5.95. The first-order valence-corrected chi connectivity index (χ1v) is 11.1. The number of aliphatic carboxylic acids is 1. The number of thioether (sulfide) groups is 1. The van der Waals surface area contributed by atoms with E-state index in [0.717, 1.165) is 22.9 Å². The molecular formula is C23H23N3O6S. The molecule has 1 fully saturated rings. The van der Waals surface area contributed by atoms with Gasteiger partial charge in [0.05, 0.1) is 0 Å². The van der Waals surface area contributed by atoms with Crippen LogP contribution in [0.5, 0.6) is 0 Å². The molecule has 2 aromatic rings. The average Bonchev–Trinajstić information content (AvgIpc) is 3.10. The Balaban J connectivity index is 1.70. The minimum absolute atomic E-state index is 0.0783. The van der Waals surface area contributed by atoms with Crippen LogP contribution in [0.4, 0.5) is 4.79 Å². The van der Waals surface area contributed by atoms with Gasteiger partial charge in [-0.25, -0.2) is 4.79 Å². The molecule has 4 amide bonds. The SMILES string of the molecule is O=C(CC1SC(=O)NC1=O)N[C@@H](Cc1ccccc1)C(=O)N[C@@H](Cc1ccccc1)C(=O)O. The summed E-state index contributed by atoms with van der Waals surface area (Å²) in [5.41, 5.74) is 1.50. The molecule has 0 aromatic heterocycles. The second-order valence-electron chi connectivity index (χ2n) is 7.49. The summed E-state index contributed by atoms with van der Waals surface area (Å²) in [4.78, 5) is 60.4. The second-order valence-corrected chi connectivity index (χ2v) is 8.66. The number of hydrogen-bond acceptors (Lipinski definition) is 6. The molecule has 1 saturated heterocycles. The van der Waals surface area contributed by atoms with Crippen molar-refractivity contribution in [2.45, 2.75) is 36.6 Å². The highest BCUT2D eigenvalue weighted by atomic mass is 32.2. The van der Waals surface area contributed by atoms with Crippen molar-refractivity contribution < 1.29 is 29.1 Å². The van der Waals surface area contributed by atoms with Crippen LogP contribution in [-0.4, -0.2) is 51.4 Å². The van der Waals surface area contributed by atoms with Crippen LogP contribution in [0.3, 0.4) is 0 Å². The predicted octanol–water partition coefficient (Wildman–Crippen LogP) is 1.27. The highest BCUT2D eigenvalue weighted by Crippen LogP contribution is 2.21. The number of carboxylic acids is 1. The maximum atomic E-state index is 13.0. The first kappa shape index (κ1) is 24.0. The topological polar surface area (TPSA) is 142 Å². The smallest absolute Gasteiger partial charge is 0.326 e. The van der Waals surface area contributed by atoms with Gasteiger partial charge in [0.15, 0.2) is 0 Å². The van der Waals surface area contributed by atoms with E-state index in [4.69, 9.17) is 0 Å². The molecule has 3 rings (SSSR count). The monoisotopic (exact) mass is 469 g/mol. The first-order chi connectivity index (χ1) is 15.8. The lowest BCUT2D eigenvalue weighted by molar-refractivity contribution is -0.142. The van der Waals surface area contributed by atoms with Gasteiger partial charge < -0.3 is 15.7 Å². The van der Waals surface area contributed by atoms with Crippen LogP contribution in [0.1, 0.15) is 17.5 Å². The van der Waals surface area contributed by atoms with Crippen LogP contribution in [-0.2, 0) is 32.0 Å². The molecule has 1 aliphatic rings. The summed E-state index contributed by atoms with van der Waals surface area (Å²) in [6, 6.07) is 15.6. The molecule has 0 spiro atoms. The highest BCUT2D eigenvalue weighted by molar-refractivity contribution is 8.15. The van der Waals surface area contributed by atoms with Crippen molar-refractivity contribution >= 4 is 40.7 Å². The van der Waals surface area contributed by atoms with Crippen molar-refractivity contribution in [1.29, 1.82) is 0 Å². The van der Waals surface area contributed by atoms with Crippen LogP contribution in [0.2, 0.25) is 0 Å². The largest absolute Gasteiger partial charge is 0.480 e. The third-order valence-electron chi connectivity index (χ3n) is 4.97. The minimum Gasteiger partial charge on any atom is -0.480 e. The van der Waals surface area contributed by atoms with E-state index in [9.17, 15) is 29.1 Å². The van der Waals surface area contributed by atoms with Crippen molar-refractivity contribution in [3.63, 3.8) is 0 Å². The number of amides is 4. The van der Waals surface area contributed by atoms with Crippen LogP contribution in [0, 0.1) is 0 Å². The molecule has 4 N–H and O–H groups in total. The molecular weight excluding hydrogens is 446 g/mol. The van der Waals surface area contributed by atoms with Crippen molar-refractivity contribution in [3.05, 3.63) is 71.8 Å². The van der Waals surface area contributed by atoms with Gasteiger partial charge in [0.25, 0.3) is 5.24 Å². The molecule has 10 heteroatoms. The Hall–Kier alpha value is -3.66. The Kier molecular flexibility index (Phi) is 8.20. The Morgan fingerprint density at radius 2 is 1.42 bits per heavy atom. The number of nitrogens with one attached hydrogen (secondary N) is 3. The molecule has 0 radical (unpaired) electrons. The maximum Gasteiger partial charge on any atom is 0.326 e. The van der Waals surface area contributed by atoms with E-state index in [1.54, 1.807) is 54.6 Å². The van der Waals surface area contributed by atoms with E-state index in [0.29, 0.717) is 0 Å². The molecule has 9 nitrogen and oxygen atoms in total. The van der Waals surface area contributed by atoms with Gasteiger partial charge in [-0.1, -0.05) is 72.4 Å². The van der Waals surface area contributed by atoms with Gasteiger partial charge in [0.1, 0.15) is 17.3 Å². The fourth-order valence-corrected chi connectivity index (χ4v) is 4.15. The molecule has 1 heterocycles. The van der Waals surface area contributed by atoms with Crippen molar-refractivity contribution in [3.8, 4) is 0 Å². The van der Waals surface area contributed by atoms with Gasteiger partial charge in [-0.2, -0.15) is 0 Å². The second kappa shape index (κ2) is 11.3. The summed E-state index contributed by atoms with van der Waals surface area (Å²) in [6.45, 7) is 0. The molecule has 0 bridgehead atoms. The lowest BCUT2D eigenvalue weighted by Gasteiger charge is -2.22. The number of benzene rings is 2. The molecule has 172 valence electrons. The zero-order chi connectivity index (χ0) is 23.8. The molecule has 3 atom stereocenters. The predicted molar refractivity (Wildman–Crippen MR) is 121 cm³/mol. The number of imide groups is 1. The van der Waals surface area contributed by atoms with E-state index in [1.165, 1.54) is 0 Å². The lowest BCUT2D eigenvalue weighted by atomic mass is 10.0. The molecule has 0 aliphatic carbocycles. The zero-order valence-electron chi connectivity index (χ0n) is 17.5. The normalized spacial score (nSPS) is 17.0. The number of carbonyl (C=O) groups excluding carboxylic acids is 4. The summed E-state index contributed by atoms with van der Waals surface area (Å²) in [5, 5.41) is 15.4. The number of rotatable bonds is 10. The Morgan fingerprint density at radius 3 is 1.91 bits per heavy atom. The highest BCUT2D eigenvalue weighted by Gasteiger charge is 2.34. The van der Waals surface area contributed by atoms with E-state index < -0.39 is 46.3 Å². The lowest BCUT2D eigenvalue weighted by Crippen LogP contribution is -2.53. The van der Waals surface area contributed by atoms with E-state index in [1.807, 2.05) is 6.07 Å². The number of carboxylic acid groups (broad SMARTS) is 1. The molecule has 0 saturated carbocycles. The van der Waals surface area contributed by atoms with Crippen LogP contribution in [0.25, 0.3) is 0 Å². The van der Waals surface area contributed by atoms with E-state index in [-0.39, 0.29) is 19.3 Å². The van der Waals surface area contributed by atoms with Gasteiger partial charge >= 0.3 is 5.97 Å². The van der Waals surface area contributed by atoms with Gasteiger partial charge in [-0.05, 0) is 11.1 Å². The molecule has 2 aromatic carbocycles. The minimum atomic E-state index is -1.20. The summed E-state index contributed by atoms with van der Waals surface area (Å²) < 4.78 is 0. The van der Waals surface area contributed by atoms with Gasteiger partial charge in [0.2, 0.25) is 17.7 Å². The summed E-state index contributed by atoms with van der Waals surface area (Å²) >= 11 is 0.719. The van der Waals surface area contributed by atoms with Gasteiger partial charge in [-0.15, -0.1) is 0 Å². The van der Waals surface area contributed by atoms with Crippen LogP contribution < -0.4 is 16.0 Å². The zero-order valence-corrected chi connectivity index (χ0v) is 18.3. The Bertz CT molecular complexity index is 1030. The fraction of sp³-hybridized carbons (Fsp3) is 0.261. The average molecular weight is 470 g/mol. The van der Waals surface area contributed by atoms with Gasteiger partial charge in [-0.3, -0.25) is 24.5 Å². The van der Waals surface area contributed by atoms with Crippen molar-refractivity contribution in [2.75, 3.05) is 0 Å². The summed E-state index contributed by atoms with van der Waals surface area (Å²) in [5.74, 6) is -3.01. The fourth-order valence-electron chi connectivity index (χ4n) is 3.33. The summed E-state index contributed by atoms with van der Waals surface area (Å²) in [7, 11) is 0. The van der Waals surface area contributed by atoms with Crippen molar-refractivity contribution in [2.24, 2.45) is 0 Å². The Morgan fingerprint density at radius 1 is 0.879 bits per heavy atom.